The molecule has 17 heavy (non-hydrogen) atoms. The van der Waals surface area contributed by atoms with E-state index in [1.54, 1.807) is 0 Å². The summed E-state index contributed by atoms with van der Waals surface area (Å²) in [6.07, 6.45) is 0. The van der Waals surface area contributed by atoms with Crippen LogP contribution in [-0.2, 0) is 4.74 Å². The van der Waals surface area contributed by atoms with Gasteiger partial charge in [-0.2, -0.15) is 0 Å². The third-order valence-corrected chi connectivity index (χ3v) is 3.70. The SMILES string of the molecule is ClCC(CCl)=C(CCl)OC(CCl)=C(CCl)CCl. The second kappa shape index (κ2) is 10.9. The number of halogens is 6. The minimum Gasteiger partial charge on any atom is -0.463 e. The van der Waals surface area contributed by atoms with E-state index in [2.05, 4.69) is 0 Å². The second-order valence-corrected chi connectivity index (χ2v) is 4.56. The maximum absolute atomic E-state index is 5.78. The van der Waals surface area contributed by atoms with Gasteiger partial charge in [0, 0.05) is 23.5 Å². The molecule has 100 valence electrons. The molecule has 0 saturated carbocycles. The monoisotopic (exact) mass is 358 g/mol. The highest BCUT2D eigenvalue weighted by Gasteiger charge is 2.12. The molecule has 0 amide bonds. The molecule has 0 aliphatic rings. The molecule has 0 rings (SSSR count). The van der Waals surface area contributed by atoms with E-state index < -0.39 is 0 Å². The van der Waals surface area contributed by atoms with Crippen LogP contribution in [0, 0.1) is 0 Å². The lowest BCUT2D eigenvalue weighted by molar-refractivity contribution is 0.303. The lowest BCUT2D eigenvalue weighted by Gasteiger charge is -2.15. The van der Waals surface area contributed by atoms with Gasteiger partial charge in [-0.05, 0) is 11.1 Å². The van der Waals surface area contributed by atoms with Crippen molar-refractivity contribution in [2.24, 2.45) is 0 Å². The van der Waals surface area contributed by atoms with Crippen LogP contribution in [0.5, 0.6) is 0 Å². The summed E-state index contributed by atoms with van der Waals surface area (Å²) in [5.41, 5.74) is 1.43. The first-order valence-electron chi connectivity index (χ1n) is 4.63. The Hall–Kier alpha value is 1.02. The van der Waals surface area contributed by atoms with Gasteiger partial charge in [0.15, 0.2) is 0 Å². The molecule has 0 aromatic rings. The van der Waals surface area contributed by atoms with Crippen LogP contribution in [0.15, 0.2) is 22.7 Å². The Morgan fingerprint density at radius 1 is 0.529 bits per heavy atom. The number of hydrogen-bond donors (Lipinski definition) is 0. The molecule has 0 unspecified atom stereocenters. The second-order valence-electron chi connectivity index (χ2n) is 2.96. The van der Waals surface area contributed by atoms with Crippen molar-refractivity contribution >= 4 is 69.6 Å². The van der Waals surface area contributed by atoms with Gasteiger partial charge in [0.25, 0.3) is 0 Å². The van der Waals surface area contributed by atoms with Crippen molar-refractivity contribution in [3.05, 3.63) is 22.7 Å². The summed E-state index contributed by atoms with van der Waals surface area (Å²) in [6, 6.07) is 0. The van der Waals surface area contributed by atoms with Crippen LogP contribution in [0.2, 0.25) is 0 Å². The molecule has 0 aliphatic carbocycles. The van der Waals surface area contributed by atoms with Crippen molar-refractivity contribution in [2.45, 2.75) is 0 Å². The molecular formula is C10H12Cl6O. The number of allylic oxidation sites excluding steroid dienone is 4. The van der Waals surface area contributed by atoms with E-state index in [-0.39, 0.29) is 35.3 Å². The molecule has 0 saturated heterocycles. The van der Waals surface area contributed by atoms with Crippen LogP contribution in [-0.4, -0.2) is 35.3 Å². The zero-order valence-corrected chi connectivity index (χ0v) is 13.5. The molecular weight excluding hydrogens is 349 g/mol. The Balaban J connectivity index is 5.10. The smallest absolute Gasteiger partial charge is 0.120 e. The predicted molar refractivity (Wildman–Crippen MR) is 79.5 cm³/mol. The number of hydrogen-bond acceptors (Lipinski definition) is 1. The molecule has 0 fully saturated rings. The Kier molecular flexibility index (Phi) is 11.6. The minimum absolute atomic E-state index is 0.160. The van der Waals surface area contributed by atoms with Crippen molar-refractivity contribution in [2.75, 3.05) is 35.3 Å². The molecule has 7 heteroatoms. The summed E-state index contributed by atoms with van der Waals surface area (Å²) in [7, 11) is 0. The average Bonchev–Trinajstić information content (AvgIpc) is 2.37. The van der Waals surface area contributed by atoms with Gasteiger partial charge in [0.1, 0.15) is 11.5 Å². The van der Waals surface area contributed by atoms with E-state index in [0.29, 0.717) is 11.5 Å². The molecule has 1 nitrogen and oxygen atoms in total. The Bertz CT molecular complexity index is 247. The fourth-order valence-electron chi connectivity index (χ4n) is 0.906. The van der Waals surface area contributed by atoms with Crippen molar-refractivity contribution in [3.63, 3.8) is 0 Å². The van der Waals surface area contributed by atoms with Crippen LogP contribution in [0.1, 0.15) is 0 Å². The van der Waals surface area contributed by atoms with Crippen molar-refractivity contribution in [1.29, 1.82) is 0 Å². The number of alkyl halides is 6. The number of ether oxygens (including phenoxy) is 1. The summed E-state index contributed by atoms with van der Waals surface area (Å²) in [6.45, 7) is 0. The third kappa shape index (κ3) is 6.13. The Morgan fingerprint density at radius 2 is 0.824 bits per heavy atom. The van der Waals surface area contributed by atoms with E-state index in [4.69, 9.17) is 74.3 Å². The van der Waals surface area contributed by atoms with Gasteiger partial charge in [-0.3, -0.25) is 0 Å². The van der Waals surface area contributed by atoms with E-state index in [1.807, 2.05) is 0 Å². The topological polar surface area (TPSA) is 9.23 Å². The molecule has 0 atom stereocenters. The third-order valence-electron chi connectivity index (χ3n) is 1.92. The summed E-state index contributed by atoms with van der Waals surface area (Å²) in [5, 5.41) is 0. The fourth-order valence-corrected chi connectivity index (χ4v) is 2.56. The molecule has 0 aromatic heterocycles. The lowest BCUT2D eigenvalue weighted by atomic mass is 10.3. The highest BCUT2D eigenvalue weighted by Crippen LogP contribution is 2.20. The summed E-state index contributed by atoms with van der Waals surface area (Å²) in [4.78, 5) is 0. The van der Waals surface area contributed by atoms with Crippen molar-refractivity contribution < 1.29 is 4.74 Å². The summed E-state index contributed by atoms with van der Waals surface area (Å²) >= 11 is 34.5. The molecule has 0 N–H and O–H groups in total. The normalized spacial score (nSPS) is 10.0. The van der Waals surface area contributed by atoms with E-state index >= 15 is 0 Å². The van der Waals surface area contributed by atoms with Gasteiger partial charge in [0.2, 0.25) is 0 Å². The van der Waals surface area contributed by atoms with E-state index in [9.17, 15) is 0 Å². The molecule has 0 bridgehead atoms. The van der Waals surface area contributed by atoms with Gasteiger partial charge in [0.05, 0.1) is 11.8 Å². The predicted octanol–water partition coefficient (Wildman–Crippen LogP) is 4.94. The van der Waals surface area contributed by atoms with Crippen molar-refractivity contribution in [1.82, 2.24) is 0 Å². The van der Waals surface area contributed by atoms with Crippen molar-refractivity contribution in [3.8, 4) is 0 Å². The summed E-state index contributed by atoms with van der Waals surface area (Å²) < 4.78 is 5.59. The highest BCUT2D eigenvalue weighted by molar-refractivity contribution is 6.25. The van der Waals surface area contributed by atoms with Gasteiger partial charge >= 0.3 is 0 Å². The maximum Gasteiger partial charge on any atom is 0.120 e. The molecule has 0 aromatic carbocycles. The standard InChI is InChI=1S/C10H12Cl6O/c11-1-7(2-12)9(5-15)17-10(6-16)8(3-13)4-14/h1-6H2. The van der Waals surface area contributed by atoms with E-state index in [1.165, 1.54) is 0 Å². The first-order valence-corrected chi connectivity index (χ1v) is 7.84. The number of rotatable bonds is 8. The fraction of sp³-hybridized carbons (Fsp3) is 0.600. The first kappa shape index (κ1) is 18.0. The first-order chi connectivity index (χ1) is 8.18. The lowest BCUT2D eigenvalue weighted by Crippen LogP contribution is -2.07. The Morgan fingerprint density at radius 3 is 1.00 bits per heavy atom. The zero-order valence-electron chi connectivity index (χ0n) is 8.92. The molecule has 0 heterocycles. The van der Waals surface area contributed by atoms with Gasteiger partial charge in [-0.25, -0.2) is 0 Å². The molecule has 0 radical (unpaired) electrons. The highest BCUT2D eigenvalue weighted by atomic mass is 35.5. The minimum atomic E-state index is 0.160. The Labute approximate surface area is 132 Å². The molecule has 0 aliphatic heterocycles. The van der Waals surface area contributed by atoms with Gasteiger partial charge in [-0.1, -0.05) is 0 Å². The largest absolute Gasteiger partial charge is 0.463 e. The van der Waals surface area contributed by atoms with Crippen LogP contribution in [0.4, 0.5) is 0 Å². The van der Waals surface area contributed by atoms with Crippen LogP contribution in [0.3, 0.4) is 0 Å². The quantitative estimate of drug-likeness (QED) is 0.440. The average molecular weight is 361 g/mol. The van der Waals surface area contributed by atoms with Gasteiger partial charge in [-0.15, -0.1) is 69.6 Å². The zero-order chi connectivity index (χ0) is 13.3. The maximum atomic E-state index is 5.78. The van der Waals surface area contributed by atoms with Crippen LogP contribution < -0.4 is 0 Å². The summed E-state index contributed by atoms with van der Waals surface area (Å²) in [5.74, 6) is 2.31. The van der Waals surface area contributed by atoms with Gasteiger partial charge < -0.3 is 4.74 Å². The van der Waals surface area contributed by atoms with Crippen LogP contribution in [0.25, 0.3) is 0 Å². The van der Waals surface area contributed by atoms with Crippen LogP contribution >= 0.6 is 69.6 Å². The van der Waals surface area contributed by atoms with E-state index in [0.717, 1.165) is 11.1 Å². The molecule has 0 spiro atoms.